The molecule has 2 aromatic rings. The van der Waals surface area contributed by atoms with Crippen LogP contribution in [0.3, 0.4) is 0 Å². The van der Waals surface area contributed by atoms with E-state index < -0.39 is 128 Å². The molecule has 1 saturated heterocycles. The SMILES string of the molecule is COC(=O)c1c(C)cc2c(c1O)[C@]1(O)C(=O)c3cc4c(c(O)c3C(=O)[C@]1(OC)[C@H](O)C2)C(=O)C=C(N[C@H]1O[C@@H](C)[C@H](OC)[C@H](O)[C@@H]1OC)C4=O. The molecule has 0 radical (unpaired) electrons. The summed E-state index contributed by atoms with van der Waals surface area (Å²) in [5.74, 6) is -7.67. The quantitative estimate of drug-likeness (QED) is 0.213. The van der Waals surface area contributed by atoms with Gasteiger partial charge in [0.25, 0.3) is 0 Å². The maximum atomic E-state index is 14.6. The highest BCUT2D eigenvalue weighted by molar-refractivity contribution is 6.31. The largest absolute Gasteiger partial charge is 0.507 e. The average Bonchev–Trinajstić information content (AvgIpc) is 3.05. The normalized spacial score (nSPS) is 31.7. The topological polar surface area (TPSA) is 245 Å². The van der Waals surface area contributed by atoms with E-state index in [9.17, 15) is 49.5 Å². The molecule has 1 heterocycles. The first kappa shape index (κ1) is 35.3. The monoisotopic (exact) mass is 697 g/mol. The van der Waals surface area contributed by atoms with Gasteiger partial charge in [0.1, 0.15) is 35.4 Å². The third-order valence-corrected chi connectivity index (χ3v) is 10.2. The van der Waals surface area contributed by atoms with Crippen molar-refractivity contribution in [2.45, 2.75) is 68.2 Å². The molecule has 0 bridgehead atoms. The van der Waals surface area contributed by atoms with E-state index in [1.165, 1.54) is 27.2 Å². The zero-order valence-corrected chi connectivity index (χ0v) is 27.7. The Labute approximate surface area is 284 Å². The van der Waals surface area contributed by atoms with Crippen LogP contribution in [0.15, 0.2) is 23.9 Å². The molecule has 16 nitrogen and oxygen atoms in total. The van der Waals surface area contributed by atoms with Crippen LogP contribution in [0, 0.1) is 6.92 Å². The maximum absolute atomic E-state index is 14.6. The molecule has 3 aliphatic carbocycles. The van der Waals surface area contributed by atoms with Gasteiger partial charge in [0.05, 0.1) is 36.1 Å². The molecule has 2 aromatic carbocycles. The number of ether oxygens (including phenoxy) is 5. The van der Waals surface area contributed by atoms with Crippen molar-refractivity contribution in [3.8, 4) is 11.5 Å². The van der Waals surface area contributed by atoms with Crippen molar-refractivity contribution in [3.05, 3.63) is 68.4 Å². The summed E-state index contributed by atoms with van der Waals surface area (Å²) < 4.78 is 26.8. The summed E-state index contributed by atoms with van der Waals surface area (Å²) in [5, 5.41) is 60.3. The van der Waals surface area contributed by atoms with Crippen LogP contribution in [0.25, 0.3) is 0 Å². The second-order valence-electron chi connectivity index (χ2n) is 12.6. The van der Waals surface area contributed by atoms with Gasteiger partial charge in [-0.2, -0.15) is 0 Å². The molecule has 8 atom stereocenters. The zero-order chi connectivity index (χ0) is 36.8. The Morgan fingerprint density at radius 2 is 1.60 bits per heavy atom. The average molecular weight is 698 g/mol. The van der Waals surface area contributed by atoms with E-state index in [1.54, 1.807) is 6.92 Å². The fraction of sp³-hybridized carbons (Fsp3) is 0.441. The maximum Gasteiger partial charge on any atom is 0.341 e. The van der Waals surface area contributed by atoms with Gasteiger partial charge in [0, 0.05) is 50.5 Å². The number of phenols is 2. The number of Topliss-reactive ketones (excluding diaryl/α,β-unsaturated/α-hetero) is 3. The number of esters is 1. The first-order chi connectivity index (χ1) is 23.6. The minimum Gasteiger partial charge on any atom is -0.507 e. The number of aliphatic hydroxyl groups excluding tert-OH is 2. The number of aliphatic hydroxyl groups is 3. The van der Waals surface area contributed by atoms with E-state index in [2.05, 4.69) is 5.32 Å². The number of rotatable bonds is 6. The number of benzene rings is 2. The van der Waals surface area contributed by atoms with Crippen LogP contribution in [0.4, 0.5) is 0 Å². The number of ketones is 4. The number of carbonyl (C=O) groups excluding carboxylic acids is 5. The lowest BCUT2D eigenvalue weighted by molar-refractivity contribution is -0.236. The molecule has 6 rings (SSSR count). The minimum absolute atomic E-state index is 0.00455. The Hall–Kier alpha value is -4.55. The Balaban J connectivity index is 1.51. The molecule has 0 amide bonds. The number of methoxy groups -OCH3 is 4. The predicted molar refractivity (Wildman–Crippen MR) is 166 cm³/mol. The molecule has 0 spiro atoms. The van der Waals surface area contributed by atoms with Crippen molar-refractivity contribution < 1.29 is 73.2 Å². The van der Waals surface area contributed by atoms with Crippen LogP contribution >= 0.6 is 0 Å². The molecule has 6 N–H and O–H groups in total. The van der Waals surface area contributed by atoms with Crippen LogP contribution in [0.2, 0.25) is 0 Å². The number of allylic oxidation sites excluding steroid dienone is 2. The lowest BCUT2D eigenvalue weighted by atomic mass is 9.56. The number of aryl methyl sites for hydroxylation is 1. The fourth-order valence-electron chi connectivity index (χ4n) is 7.85. The Kier molecular flexibility index (Phi) is 8.50. The zero-order valence-electron chi connectivity index (χ0n) is 27.7. The minimum atomic E-state index is -3.23. The van der Waals surface area contributed by atoms with Crippen molar-refractivity contribution in [3.63, 3.8) is 0 Å². The summed E-state index contributed by atoms with van der Waals surface area (Å²) in [6, 6.07) is 2.18. The van der Waals surface area contributed by atoms with E-state index in [1.807, 2.05) is 0 Å². The van der Waals surface area contributed by atoms with Crippen molar-refractivity contribution >= 4 is 29.1 Å². The van der Waals surface area contributed by atoms with Gasteiger partial charge in [0.2, 0.25) is 17.3 Å². The van der Waals surface area contributed by atoms with E-state index >= 15 is 0 Å². The first-order valence-electron chi connectivity index (χ1n) is 15.4. The molecular formula is C34H35NO15. The van der Waals surface area contributed by atoms with Gasteiger partial charge in [-0.3, -0.25) is 19.2 Å². The summed E-state index contributed by atoms with van der Waals surface area (Å²) in [6.45, 7) is 3.06. The highest BCUT2D eigenvalue weighted by atomic mass is 16.6. The van der Waals surface area contributed by atoms with Gasteiger partial charge in [-0.25, -0.2) is 4.79 Å². The molecule has 0 unspecified atom stereocenters. The molecule has 0 aromatic heterocycles. The number of nitrogens with one attached hydrogen (secondary N) is 1. The van der Waals surface area contributed by atoms with E-state index in [0.29, 0.717) is 0 Å². The predicted octanol–water partition coefficient (Wildman–Crippen LogP) is -0.250. The Morgan fingerprint density at radius 3 is 2.20 bits per heavy atom. The third kappa shape index (κ3) is 4.40. The second kappa shape index (κ2) is 12.1. The molecular weight excluding hydrogens is 662 g/mol. The number of aromatic hydroxyl groups is 2. The van der Waals surface area contributed by atoms with Crippen LogP contribution < -0.4 is 5.32 Å². The summed E-state index contributed by atoms with van der Waals surface area (Å²) in [5.41, 5.74) is -10.1. The van der Waals surface area contributed by atoms with Crippen LogP contribution in [-0.4, -0.2) is 125 Å². The van der Waals surface area contributed by atoms with Crippen LogP contribution in [-0.2, 0) is 35.7 Å². The van der Waals surface area contributed by atoms with Crippen molar-refractivity contribution in [1.82, 2.24) is 5.32 Å². The van der Waals surface area contributed by atoms with Gasteiger partial charge in [-0.15, -0.1) is 0 Å². The van der Waals surface area contributed by atoms with Gasteiger partial charge < -0.3 is 54.5 Å². The number of hydrogen-bond acceptors (Lipinski definition) is 16. The highest BCUT2D eigenvalue weighted by Crippen LogP contribution is 2.56. The standard InChI is InChI=1S/C34H35NO15/c1-11-7-13-8-18(37)34(49-6)30(43)21-15(29(42)33(34,45)22(13)25(40)19(11)32(44)48-5)9-14-20(24(21)39)17(36)10-16(23(14)38)35-31-28(47-4)26(41)27(46-3)12(2)50-31/h7,9-10,12,18,26-28,31,35,37,39-41,45H,8H2,1-6H3/t12-,18+,26-,27-,28-,31-,33-,34+/m0/s1. The van der Waals surface area contributed by atoms with Gasteiger partial charge in [0.15, 0.2) is 23.2 Å². The molecule has 4 aliphatic rings. The molecule has 16 heteroatoms. The molecule has 266 valence electrons. The molecule has 1 aliphatic heterocycles. The smallest absolute Gasteiger partial charge is 0.341 e. The van der Waals surface area contributed by atoms with E-state index in [-0.39, 0.29) is 16.8 Å². The second-order valence-corrected chi connectivity index (χ2v) is 12.6. The number of hydrogen-bond donors (Lipinski definition) is 6. The lowest BCUT2D eigenvalue weighted by Crippen LogP contribution is -2.73. The summed E-state index contributed by atoms with van der Waals surface area (Å²) in [6.07, 6.45) is -6.55. The number of fused-ring (bicyclic) bond motifs is 5. The van der Waals surface area contributed by atoms with Gasteiger partial charge >= 0.3 is 5.97 Å². The van der Waals surface area contributed by atoms with Crippen LogP contribution in [0.5, 0.6) is 11.5 Å². The number of carbonyl (C=O) groups is 5. The van der Waals surface area contributed by atoms with Crippen molar-refractivity contribution in [1.29, 1.82) is 0 Å². The first-order valence-corrected chi connectivity index (χ1v) is 15.4. The molecule has 1 fully saturated rings. The summed E-state index contributed by atoms with van der Waals surface area (Å²) >= 11 is 0. The van der Waals surface area contributed by atoms with Gasteiger partial charge in [-0.05, 0) is 31.0 Å². The fourth-order valence-corrected chi connectivity index (χ4v) is 7.85. The van der Waals surface area contributed by atoms with Crippen molar-refractivity contribution in [2.24, 2.45) is 0 Å². The highest BCUT2D eigenvalue weighted by Gasteiger charge is 2.72. The van der Waals surface area contributed by atoms with Crippen molar-refractivity contribution in [2.75, 3.05) is 28.4 Å². The van der Waals surface area contributed by atoms with E-state index in [4.69, 9.17) is 23.7 Å². The number of phenolic OH excluding ortho intramolecular Hbond substituents is 2. The summed E-state index contributed by atoms with van der Waals surface area (Å²) in [7, 11) is 4.62. The molecule has 0 saturated carbocycles. The van der Waals surface area contributed by atoms with Crippen LogP contribution in [0.1, 0.15) is 75.4 Å². The lowest BCUT2D eigenvalue weighted by Gasteiger charge is -2.52. The Bertz CT molecular complexity index is 1920. The Morgan fingerprint density at radius 1 is 0.940 bits per heavy atom. The third-order valence-electron chi connectivity index (χ3n) is 10.2. The summed E-state index contributed by atoms with van der Waals surface area (Å²) in [4.78, 5) is 69.1. The van der Waals surface area contributed by atoms with E-state index in [0.717, 1.165) is 26.4 Å². The molecule has 50 heavy (non-hydrogen) atoms. The van der Waals surface area contributed by atoms with Gasteiger partial charge in [-0.1, -0.05) is 6.07 Å².